The minimum Gasteiger partial charge on any atom is -0.448 e. The summed E-state index contributed by atoms with van der Waals surface area (Å²) in [6.07, 6.45) is 0.882. The van der Waals surface area contributed by atoms with Crippen molar-refractivity contribution in [2.75, 3.05) is 32.8 Å². The second-order valence-electron chi connectivity index (χ2n) is 6.40. The summed E-state index contributed by atoms with van der Waals surface area (Å²) in [6.45, 7) is 3.83. The molecule has 0 radical (unpaired) electrons. The Labute approximate surface area is 142 Å². The highest BCUT2D eigenvalue weighted by atomic mass is 16.6. The molecule has 2 aromatic rings. The number of hydrogen-bond acceptors (Lipinski definition) is 3. The molecule has 0 spiro atoms. The number of benzene rings is 2. The van der Waals surface area contributed by atoms with Crippen molar-refractivity contribution in [1.29, 1.82) is 0 Å². The van der Waals surface area contributed by atoms with E-state index in [0.717, 1.165) is 26.1 Å². The van der Waals surface area contributed by atoms with Crippen LogP contribution >= 0.6 is 0 Å². The normalized spacial score (nSPS) is 20.8. The highest BCUT2D eigenvalue weighted by Gasteiger charge is 2.30. The minimum atomic E-state index is -0.177. The highest BCUT2D eigenvalue weighted by Crippen LogP contribution is 2.34. The van der Waals surface area contributed by atoms with Gasteiger partial charge in [-0.15, -0.1) is 0 Å². The lowest BCUT2D eigenvalue weighted by molar-refractivity contribution is 0.148. The van der Waals surface area contributed by atoms with Gasteiger partial charge in [0, 0.05) is 19.6 Å². The van der Waals surface area contributed by atoms with Gasteiger partial charge in [0.2, 0.25) is 0 Å². The zero-order chi connectivity index (χ0) is 16.4. The quantitative estimate of drug-likeness (QED) is 0.867. The Morgan fingerprint density at radius 1 is 0.958 bits per heavy atom. The third kappa shape index (κ3) is 2.89. The second-order valence-corrected chi connectivity index (χ2v) is 6.40. The molecular formula is C20H22N2O2. The van der Waals surface area contributed by atoms with Crippen molar-refractivity contribution in [3.63, 3.8) is 0 Å². The van der Waals surface area contributed by atoms with Gasteiger partial charge in [0.25, 0.3) is 0 Å². The van der Waals surface area contributed by atoms with E-state index in [1.165, 1.54) is 16.7 Å². The number of fused-ring (bicyclic) bond motifs is 1. The summed E-state index contributed by atoms with van der Waals surface area (Å²) in [4.78, 5) is 16.0. The molecule has 1 fully saturated rings. The van der Waals surface area contributed by atoms with Gasteiger partial charge in [-0.3, -0.25) is 4.90 Å². The van der Waals surface area contributed by atoms with Crippen molar-refractivity contribution in [3.8, 4) is 0 Å². The topological polar surface area (TPSA) is 32.8 Å². The van der Waals surface area contributed by atoms with Crippen molar-refractivity contribution in [2.24, 2.45) is 0 Å². The van der Waals surface area contributed by atoms with E-state index in [4.69, 9.17) is 4.74 Å². The molecule has 1 saturated heterocycles. The molecule has 1 atom stereocenters. The van der Waals surface area contributed by atoms with Crippen LogP contribution in [0.4, 0.5) is 4.79 Å². The molecule has 0 unspecified atom stereocenters. The molecule has 0 bridgehead atoms. The lowest BCUT2D eigenvalue weighted by Gasteiger charge is -2.38. The molecule has 0 aliphatic carbocycles. The molecule has 0 aromatic heterocycles. The zero-order valence-electron chi connectivity index (χ0n) is 13.7. The number of carbonyl (C=O) groups is 1. The fraction of sp³-hybridized carbons (Fsp3) is 0.350. The molecule has 4 nitrogen and oxygen atoms in total. The van der Waals surface area contributed by atoms with E-state index in [2.05, 4.69) is 59.5 Å². The van der Waals surface area contributed by atoms with Crippen molar-refractivity contribution in [3.05, 3.63) is 71.3 Å². The smallest absolute Gasteiger partial charge is 0.409 e. The minimum absolute atomic E-state index is 0.177. The van der Waals surface area contributed by atoms with E-state index in [1.807, 2.05) is 4.90 Å². The lowest BCUT2D eigenvalue weighted by atomic mass is 9.88. The molecule has 0 saturated carbocycles. The van der Waals surface area contributed by atoms with Gasteiger partial charge in [-0.25, -0.2) is 4.79 Å². The lowest BCUT2D eigenvalue weighted by Crippen LogP contribution is -2.41. The van der Waals surface area contributed by atoms with Gasteiger partial charge in [0.05, 0.1) is 12.6 Å². The molecule has 4 heteroatoms. The fourth-order valence-corrected chi connectivity index (χ4v) is 3.76. The standard InChI is InChI=1S/C20H22N2O2/c23-20-22(14-15-24-20)13-12-21-11-10-16-6-4-5-9-18(16)19(21)17-7-2-1-3-8-17/h1-9,19H,10-15H2/t19-/m0/s1. The van der Waals surface area contributed by atoms with Gasteiger partial charge in [0.1, 0.15) is 6.61 Å². The van der Waals surface area contributed by atoms with Gasteiger partial charge in [-0.1, -0.05) is 54.6 Å². The first-order valence-electron chi connectivity index (χ1n) is 8.61. The Balaban J connectivity index is 1.59. The van der Waals surface area contributed by atoms with E-state index in [1.54, 1.807) is 0 Å². The van der Waals surface area contributed by atoms with Crippen LogP contribution in [0.15, 0.2) is 54.6 Å². The van der Waals surface area contributed by atoms with Crippen LogP contribution in [0.1, 0.15) is 22.7 Å². The van der Waals surface area contributed by atoms with Gasteiger partial charge in [-0.05, 0) is 23.1 Å². The maximum atomic E-state index is 11.7. The maximum absolute atomic E-state index is 11.7. The number of rotatable bonds is 4. The third-order valence-electron chi connectivity index (χ3n) is 5.00. The van der Waals surface area contributed by atoms with Crippen LogP contribution < -0.4 is 0 Å². The Hall–Kier alpha value is -2.33. The molecule has 4 rings (SSSR count). The van der Waals surface area contributed by atoms with Crippen molar-refractivity contribution < 1.29 is 9.53 Å². The summed E-state index contributed by atoms with van der Waals surface area (Å²) in [5.41, 5.74) is 4.13. The summed E-state index contributed by atoms with van der Waals surface area (Å²) in [5, 5.41) is 0. The average Bonchev–Trinajstić information content (AvgIpc) is 3.05. The van der Waals surface area contributed by atoms with Gasteiger partial charge >= 0.3 is 6.09 Å². The summed E-state index contributed by atoms with van der Waals surface area (Å²) in [6, 6.07) is 19.6. The number of hydrogen-bond donors (Lipinski definition) is 0. The molecule has 2 aliphatic heterocycles. The van der Waals surface area contributed by atoms with Crippen molar-refractivity contribution in [2.45, 2.75) is 12.5 Å². The molecule has 24 heavy (non-hydrogen) atoms. The molecule has 2 aliphatic rings. The van der Waals surface area contributed by atoms with Crippen LogP contribution in [0.5, 0.6) is 0 Å². The molecule has 2 heterocycles. The zero-order valence-corrected chi connectivity index (χ0v) is 13.7. The van der Waals surface area contributed by atoms with Crippen LogP contribution in [0.2, 0.25) is 0 Å². The number of amides is 1. The number of cyclic esters (lactones) is 1. The fourth-order valence-electron chi connectivity index (χ4n) is 3.76. The Kier molecular flexibility index (Phi) is 4.22. The van der Waals surface area contributed by atoms with Gasteiger partial charge in [-0.2, -0.15) is 0 Å². The number of carbonyl (C=O) groups excluding carboxylic acids is 1. The van der Waals surface area contributed by atoms with Gasteiger partial charge in [0.15, 0.2) is 0 Å². The third-order valence-corrected chi connectivity index (χ3v) is 5.00. The summed E-state index contributed by atoms with van der Waals surface area (Å²) < 4.78 is 5.04. The van der Waals surface area contributed by atoms with Crippen LogP contribution in [-0.4, -0.2) is 48.7 Å². The molecule has 124 valence electrons. The van der Waals surface area contributed by atoms with Crippen molar-refractivity contribution >= 4 is 6.09 Å². The van der Waals surface area contributed by atoms with Crippen LogP contribution in [-0.2, 0) is 11.2 Å². The largest absolute Gasteiger partial charge is 0.448 e. The van der Waals surface area contributed by atoms with E-state index < -0.39 is 0 Å². The number of nitrogens with zero attached hydrogens (tertiary/aromatic N) is 2. The SMILES string of the molecule is O=C1OCCN1CCN1CCc2ccccc2[C@@H]1c1ccccc1. The van der Waals surface area contributed by atoms with E-state index >= 15 is 0 Å². The summed E-state index contributed by atoms with van der Waals surface area (Å²) in [5.74, 6) is 0. The predicted molar refractivity (Wildman–Crippen MR) is 92.9 cm³/mol. The Bertz CT molecular complexity index is 717. The molecule has 1 amide bonds. The first kappa shape index (κ1) is 15.2. The van der Waals surface area contributed by atoms with E-state index in [9.17, 15) is 4.79 Å². The second kappa shape index (κ2) is 6.65. The van der Waals surface area contributed by atoms with Crippen LogP contribution in [0.25, 0.3) is 0 Å². The number of ether oxygens (including phenoxy) is 1. The molecule has 0 N–H and O–H groups in total. The van der Waals surface area contributed by atoms with Crippen molar-refractivity contribution in [1.82, 2.24) is 9.80 Å². The monoisotopic (exact) mass is 322 g/mol. The van der Waals surface area contributed by atoms with Crippen LogP contribution in [0.3, 0.4) is 0 Å². The summed E-state index contributed by atoms with van der Waals surface area (Å²) >= 11 is 0. The highest BCUT2D eigenvalue weighted by molar-refractivity contribution is 5.69. The van der Waals surface area contributed by atoms with E-state index in [-0.39, 0.29) is 12.1 Å². The average molecular weight is 322 g/mol. The van der Waals surface area contributed by atoms with Crippen LogP contribution in [0, 0.1) is 0 Å². The Morgan fingerprint density at radius 2 is 1.75 bits per heavy atom. The first-order chi connectivity index (χ1) is 11.8. The van der Waals surface area contributed by atoms with E-state index in [0.29, 0.717) is 13.2 Å². The predicted octanol–water partition coefficient (Wildman–Crippen LogP) is 3.09. The summed E-state index contributed by atoms with van der Waals surface area (Å²) in [7, 11) is 0. The molecule has 2 aromatic carbocycles. The van der Waals surface area contributed by atoms with Gasteiger partial charge < -0.3 is 9.64 Å². The molecular weight excluding hydrogens is 300 g/mol. The maximum Gasteiger partial charge on any atom is 0.409 e. The first-order valence-corrected chi connectivity index (χ1v) is 8.61. The Morgan fingerprint density at radius 3 is 2.54 bits per heavy atom.